The Hall–Kier alpha value is -1.63. The number of benzene rings is 2. The number of nitro benzene ring substituents is 1. The third-order valence-corrected chi connectivity index (χ3v) is 4.21. The van der Waals surface area contributed by atoms with Crippen molar-refractivity contribution in [3.05, 3.63) is 66.6 Å². The van der Waals surface area contributed by atoms with E-state index in [1.54, 1.807) is 18.2 Å². The highest BCUT2D eigenvalue weighted by molar-refractivity contribution is 9.10. The normalized spacial score (nSPS) is 10.2. The van der Waals surface area contributed by atoms with Gasteiger partial charge in [-0.15, -0.1) is 0 Å². The van der Waals surface area contributed by atoms with Crippen molar-refractivity contribution in [3.8, 4) is 0 Å². The highest BCUT2D eigenvalue weighted by Crippen LogP contribution is 2.29. The molecule has 0 unspecified atom stereocenters. The minimum atomic E-state index is -0.621. The highest BCUT2D eigenvalue weighted by Gasteiger charge is 2.16. The zero-order valence-electron chi connectivity index (χ0n) is 10.3. The summed E-state index contributed by atoms with van der Waals surface area (Å²) in [5, 5.41) is 13.6. The minimum absolute atomic E-state index is 0.00140. The smallest absolute Gasteiger partial charge is 0.289 e. The summed E-state index contributed by atoms with van der Waals surface area (Å²) in [5.74, 6) is -0.474. The molecule has 2 aromatic rings. The van der Waals surface area contributed by atoms with E-state index in [2.05, 4.69) is 21.2 Å². The fourth-order valence-electron chi connectivity index (χ4n) is 1.61. The molecule has 108 valence electrons. The van der Waals surface area contributed by atoms with E-state index in [1.165, 1.54) is 18.2 Å². The fraction of sp³-hybridized carbons (Fsp3) is 0. The molecule has 0 aliphatic heterocycles. The van der Waals surface area contributed by atoms with Crippen molar-refractivity contribution >= 4 is 56.4 Å². The van der Waals surface area contributed by atoms with Crippen LogP contribution in [0.2, 0.25) is 10.0 Å². The van der Waals surface area contributed by atoms with Crippen molar-refractivity contribution in [1.82, 2.24) is 0 Å². The number of nitro groups is 1. The lowest BCUT2D eigenvalue weighted by Crippen LogP contribution is -2.12. The first-order chi connectivity index (χ1) is 9.90. The molecule has 0 heterocycles. The van der Waals surface area contributed by atoms with Gasteiger partial charge in [0.1, 0.15) is 5.02 Å². The summed E-state index contributed by atoms with van der Waals surface area (Å²) in [6.07, 6.45) is 0. The summed E-state index contributed by atoms with van der Waals surface area (Å²) in [6, 6.07) is 8.91. The van der Waals surface area contributed by atoms with Gasteiger partial charge in [-0.25, -0.2) is 0 Å². The van der Waals surface area contributed by atoms with Crippen LogP contribution in [0, 0.1) is 10.1 Å². The number of carbonyl (C=O) groups is 1. The molecule has 1 amide bonds. The summed E-state index contributed by atoms with van der Waals surface area (Å²) in [5.41, 5.74) is 0.227. The van der Waals surface area contributed by atoms with Gasteiger partial charge in [0.15, 0.2) is 0 Å². The molecule has 0 radical (unpaired) electrons. The molecule has 5 nitrogen and oxygen atoms in total. The molecule has 0 atom stereocenters. The van der Waals surface area contributed by atoms with E-state index in [0.717, 1.165) is 0 Å². The van der Waals surface area contributed by atoms with Gasteiger partial charge in [-0.05, 0) is 40.2 Å². The SMILES string of the molecule is O=C(Nc1ccc(Cl)c([N+](=O)[O-])c1)c1cccc(Br)c1Cl. The Labute approximate surface area is 138 Å². The Kier molecular flexibility index (Phi) is 4.82. The van der Waals surface area contributed by atoms with E-state index in [0.29, 0.717) is 4.47 Å². The van der Waals surface area contributed by atoms with Crippen LogP contribution in [-0.4, -0.2) is 10.8 Å². The first kappa shape index (κ1) is 15.8. The number of halogens is 3. The molecule has 0 fully saturated rings. The Morgan fingerprint density at radius 3 is 2.62 bits per heavy atom. The van der Waals surface area contributed by atoms with Crippen LogP contribution in [0.5, 0.6) is 0 Å². The summed E-state index contributed by atoms with van der Waals surface area (Å²) >= 11 is 15.0. The molecular weight excluding hydrogens is 383 g/mol. The average Bonchev–Trinajstić information content (AvgIpc) is 2.43. The lowest BCUT2D eigenvalue weighted by Gasteiger charge is -2.08. The third-order valence-electron chi connectivity index (χ3n) is 2.60. The molecule has 0 saturated carbocycles. The molecule has 0 aliphatic rings. The summed E-state index contributed by atoms with van der Waals surface area (Å²) < 4.78 is 0.582. The maximum Gasteiger partial charge on any atom is 0.289 e. The lowest BCUT2D eigenvalue weighted by atomic mass is 10.2. The van der Waals surface area contributed by atoms with Crippen molar-refractivity contribution in [2.24, 2.45) is 0 Å². The van der Waals surface area contributed by atoms with Crippen LogP contribution in [0.15, 0.2) is 40.9 Å². The number of hydrogen-bond donors (Lipinski definition) is 1. The maximum absolute atomic E-state index is 12.1. The Morgan fingerprint density at radius 1 is 1.24 bits per heavy atom. The van der Waals surface area contributed by atoms with Crippen LogP contribution in [0.3, 0.4) is 0 Å². The number of anilines is 1. The molecular formula is C13H7BrCl2N2O3. The van der Waals surface area contributed by atoms with Gasteiger partial charge in [0, 0.05) is 16.2 Å². The topological polar surface area (TPSA) is 72.2 Å². The van der Waals surface area contributed by atoms with Gasteiger partial charge in [-0.1, -0.05) is 29.3 Å². The third kappa shape index (κ3) is 3.53. The van der Waals surface area contributed by atoms with Crippen LogP contribution in [0.4, 0.5) is 11.4 Å². The van der Waals surface area contributed by atoms with Crippen molar-refractivity contribution in [3.63, 3.8) is 0 Å². The van der Waals surface area contributed by atoms with Gasteiger partial charge in [-0.3, -0.25) is 14.9 Å². The summed E-state index contributed by atoms with van der Waals surface area (Å²) in [7, 11) is 0. The number of hydrogen-bond acceptors (Lipinski definition) is 3. The van der Waals surface area contributed by atoms with Gasteiger partial charge in [-0.2, -0.15) is 0 Å². The van der Waals surface area contributed by atoms with Crippen molar-refractivity contribution < 1.29 is 9.72 Å². The van der Waals surface area contributed by atoms with Crippen LogP contribution in [0.25, 0.3) is 0 Å². The maximum atomic E-state index is 12.1. The van der Waals surface area contributed by atoms with E-state index < -0.39 is 10.8 Å². The Balaban J connectivity index is 2.30. The first-order valence-corrected chi connectivity index (χ1v) is 7.14. The van der Waals surface area contributed by atoms with Gasteiger partial charge in [0.2, 0.25) is 0 Å². The fourth-order valence-corrected chi connectivity index (χ4v) is 2.37. The van der Waals surface area contributed by atoms with E-state index >= 15 is 0 Å². The van der Waals surface area contributed by atoms with Crippen molar-refractivity contribution in [1.29, 1.82) is 0 Å². The standard InChI is InChI=1S/C13H7BrCl2N2O3/c14-9-3-1-2-8(12(9)16)13(19)17-7-4-5-10(15)11(6-7)18(20)21/h1-6H,(H,17,19). The second-order valence-electron chi connectivity index (χ2n) is 3.98. The summed E-state index contributed by atoms with van der Waals surface area (Å²) in [6.45, 7) is 0. The van der Waals surface area contributed by atoms with Crippen LogP contribution < -0.4 is 5.32 Å². The molecule has 0 spiro atoms. The van der Waals surface area contributed by atoms with Gasteiger partial charge >= 0.3 is 0 Å². The molecule has 1 N–H and O–H groups in total. The highest BCUT2D eigenvalue weighted by atomic mass is 79.9. The van der Waals surface area contributed by atoms with E-state index in [-0.39, 0.29) is 27.0 Å². The number of amides is 1. The zero-order chi connectivity index (χ0) is 15.6. The minimum Gasteiger partial charge on any atom is -0.322 e. The molecule has 2 aromatic carbocycles. The lowest BCUT2D eigenvalue weighted by molar-refractivity contribution is -0.384. The Morgan fingerprint density at radius 2 is 1.95 bits per heavy atom. The number of nitrogens with one attached hydrogen (secondary N) is 1. The largest absolute Gasteiger partial charge is 0.322 e. The van der Waals surface area contributed by atoms with Gasteiger partial charge < -0.3 is 5.32 Å². The van der Waals surface area contributed by atoms with Gasteiger partial charge in [0.05, 0.1) is 15.5 Å². The summed E-state index contributed by atoms with van der Waals surface area (Å²) in [4.78, 5) is 22.3. The molecule has 2 rings (SSSR count). The second-order valence-corrected chi connectivity index (χ2v) is 5.62. The van der Waals surface area contributed by atoms with E-state index in [4.69, 9.17) is 23.2 Å². The van der Waals surface area contributed by atoms with Gasteiger partial charge in [0.25, 0.3) is 11.6 Å². The molecule has 8 heteroatoms. The van der Waals surface area contributed by atoms with E-state index in [9.17, 15) is 14.9 Å². The molecule has 21 heavy (non-hydrogen) atoms. The molecule has 0 saturated heterocycles. The molecule has 0 aliphatic carbocycles. The Bertz CT molecular complexity index is 737. The number of rotatable bonds is 3. The van der Waals surface area contributed by atoms with E-state index in [1.807, 2.05) is 0 Å². The van der Waals surface area contributed by atoms with Crippen LogP contribution in [0.1, 0.15) is 10.4 Å². The predicted molar refractivity (Wildman–Crippen MR) is 85.2 cm³/mol. The number of nitrogens with zero attached hydrogens (tertiary/aromatic N) is 1. The van der Waals surface area contributed by atoms with Crippen molar-refractivity contribution in [2.45, 2.75) is 0 Å². The first-order valence-electron chi connectivity index (χ1n) is 5.59. The molecule has 0 bridgehead atoms. The quantitative estimate of drug-likeness (QED) is 0.598. The van der Waals surface area contributed by atoms with Crippen LogP contribution >= 0.6 is 39.1 Å². The predicted octanol–water partition coefficient (Wildman–Crippen LogP) is 4.92. The van der Waals surface area contributed by atoms with Crippen LogP contribution in [-0.2, 0) is 0 Å². The average molecular weight is 390 g/mol. The molecule has 0 aromatic heterocycles. The monoisotopic (exact) mass is 388 g/mol. The number of carbonyl (C=O) groups excluding carboxylic acids is 1. The van der Waals surface area contributed by atoms with Crippen molar-refractivity contribution in [2.75, 3.05) is 5.32 Å². The zero-order valence-corrected chi connectivity index (χ0v) is 13.4. The second kappa shape index (κ2) is 6.43.